The highest BCUT2D eigenvalue weighted by molar-refractivity contribution is 6.05. The van der Waals surface area contributed by atoms with Crippen LogP contribution in [0.2, 0.25) is 0 Å². The molecular formula is C14H18N2O4. The van der Waals surface area contributed by atoms with Crippen LogP contribution < -0.4 is 10.9 Å². The number of carboxylic acids is 1. The van der Waals surface area contributed by atoms with Gasteiger partial charge in [0.15, 0.2) is 0 Å². The van der Waals surface area contributed by atoms with Gasteiger partial charge in [0.05, 0.1) is 11.1 Å². The zero-order valence-electron chi connectivity index (χ0n) is 11.3. The number of carboxylic acid groups (broad SMARTS) is 1. The van der Waals surface area contributed by atoms with Crippen molar-refractivity contribution >= 4 is 17.8 Å². The monoisotopic (exact) mass is 278 g/mol. The molecule has 0 bridgehead atoms. The molecule has 3 N–H and O–H groups in total. The third-order valence-corrected chi connectivity index (χ3v) is 2.72. The third-order valence-electron chi connectivity index (χ3n) is 2.72. The van der Waals surface area contributed by atoms with Gasteiger partial charge in [-0.3, -0.25) is 20.4 Å². The van der Waals surface area contributed by atoms with Gasteiger partial charge in [-0.2, -0.15) is 0 Å². The van der Waals surface area contributed by atoms with Crippen molar-refractivity contribution in [3.05, 3.63) is 35.4 Å². The molecule has 0 unspecified atom stereocenters. The Hall–Kier alpha value is -2.37. The first-order valence-electron chi connectivity index (χ1n) is 6.47. The van der Waals surface area contributed by atoms with Gasteiger partial charge in [0.1, 0.15) is 0 Å². The first-order valence-corrected chi connectivity index (χ1v) is 6.47. The summed E-state index contributed by atoms with van der Waals surface area (Å²) in [4.78, 5) is 34.2. The molecule has 0 spiro atoms. The van der Waals surface area contributed by atoms with Crippen molar-refractivity contribution < 1.29 is 19.5 Å². The second-order valence-corrected chi connectivity index (χ2v) is 4.31. The van der Waals surface area contributed by atoms with Crippen molar-refractivity contribution in [3.8, 4) is 0 Å². The van der Waals surface area contributed by atoms with E-state index in [1.807, 2.05) is 6.92 Å². The van der Waals surface area contributed by atoms with E-state index in [0.29, 0.717) is 6.42 Å². The summed E-state index contributed by atoms with van der Waals surface area (Å²) in [5.74, 6) is -2.13. The van der Waals surface area contributed by atoms with E-state index < -0.39 is 11.9 Å². The quantitative estimate of drug-likeness (QED) is 0.545. The van der Waals surface area contributed by atoms with Gasteiger partial charge in [0, 0.05) is 6.42 Å². The molecule has 0 fully saturated rings. The van der Waals surface area contributed by atoms with E-state index >= 15 is 0 Å². The van der Waals surface area contributed by atoms with Crippen molar-refractivity contribution in [1.82, 2.24) is 10.9 Å². The van der Waals surface area contributed by atoms with Crippen molar-refractivity contribution in [3.63, 3.8) is 0 Å². The average molecular weight is 278 g/mol. The lowest BCUT2D eigenvalue weighted by atomic mass is 10.1. The Morgan fingerprint density at radius 2 is 1.70 bits per heavy atom. The number of unbranched alkanes of at least 4 members (excludes halogenated alkanes) is 2. The molecule has 0 radical (unpaired) electrons. The largest absolute Gasteiger partial charge is 0.478 e. The minimum atomic E-state index is -1.19. The Kier molecular flexibility index (Phi) is 6.22. The highest BCUT2D eigenvalue weighted by Gasteiger charge is 2.15. The molecule has 0 aromatic heterocycles. The third kappa shape index (κ3) is 4.72. The fourth-order valence-electron chi connectivity index (χ4n) is 1.66. The lowest BCUT2D eigenvalue weighted by molar-refractivity contribution is -0.121. The Morgan fingerprint density at radius 3 is 2.30 bits per heavy atom. The number of hydrogen-bond acceptors (Lipinski definition) is 3. The molecule has 0 aliphatic rings. The fraction of sp³-hybridized carbons (Fsp3) is 0.357. The van der Waals surface area contributed by atoms with Crippen LogP contribution in [0.25, 0.3) is 0 Å². The maximum Gasteiger partial charge on any atom is 0.336 e. The number of benzene rings is 1. The highest BCUT2D eigenvalue weighted by Crippen LogP contribution is 2.08. The Bertz CT molecular complexity index is 500. The number of nitrogens with one attached hydrogen (secondary N) is 2. The Balaban J connectivity index is 2.55. The van der Waals surface area contributed by atoms with Crippen LogP contribution in [0.4, 0.5) is 0 Å². The molecule has 1 aromatic carbocycles. The summed E-state index contributed by atoms with van der Waals surface area (Å²) in [6.07, 6.45) is 3.04. The molecule has 6 nitrogen and oxygen atoms in total. The van der Waals surface area contributed by atoms with Gasteiger partial charge in [-0.15, -0.1) is 0 Å². The Morgan fingerprint density at radius 1 is 1.05 bits per heavy atom. The van der Waals surface area contributed by atoms with Crippen LogP contribution in [0.3, 0.4) is 0 Å². The summed E-state index contributed by atoms with van der Waals surface area (Å²) in [6.45, 7) is 2.03. The van der Waals surface area contributed by atoms with Crippen molar-refractivity contribution in [2.45, 2.75) is 32.6 Å². The fourth-order valence-corrected chi connectivity index (χ4v) is 1.66. The average Bonchev–Trinajstić information content (AvgIpc) is 2.45. The van der Waals surface area contributed by atoms with Gasteiger partial charge < -0.3 is 5.11 Å². The van der Waals surface area contributed by atoms with Gasteiger partial charge in [-0.05, 0) is 18.6 Å². The predicted octanol–water partition coefficient (Wildman–Crippen LogP) is 1.73. The molecule has 1 rings (SSSR count). The van der Waals surface area contributed by atoms with E-state index in [-0.39, 0.29) is 17.0 Å². The second-order valence-electron chi connectivity index (χ2n) is 4.31. The van der Waals surface area contributed by atoms with Gasteiger partial charge in [-0.1, -0.05) is 31.9 Å². The van der Waals surface area contributed by atoms with Gasteiger partial charge in [-0.25, -0.2) is 4.79 Å². The number of aromatic carboxylic acids is 1. The van der Waals surface area contributed by atoms with E-state index in [9.17, 15) is 14.4 Å². The van der Waals surface area contributed by atoms with E-state index in [4.69, 9.17) is 5.11 Å². The number of rotatable bonds is 6. The predicted molar refractivity (Wildman–Crippen MR) is 73.2 cm³/mol. The van der Waals surface area contributed by atoms with Crippen LogP contribution >= 0.6 is 0 Å². The minimum Gasteiger partial charge on any atom is -0.478 e. The minimum absolute atomic E-state index is 0.00820. The molecule has 0 saturated carbocycles. The van der Waals surface area contributed by atoms with Crippen molar-refractivity contribution in [1.29, 1.82) is 0 Å². The van der Waals surface area contributed by atoms with Gasteiger partial charge in [0.2, 0.25) is 5.91 Å². The zero-order chi connectivity index (χ0) is 15.0. The van der Waals surface area contributed by atoms with Crippen LogP contribution in [0, 0.1) is 0 Å². The standard InChI is InChI=1S/C14H18N2O4/c1-2-3-4-9-12(17)15-16-13(18)10-7-5-6-8-11(10)14(19)20/h5-8H,2-4,9H2,1H3,(H,15,17)(H,16,18)(H,19,20). The Labute approximate surface area is 117 Å². The van der Waals surface area contributed by atoms with E-state index in [1.54, 1.807) is 6.07 Å². The van der Waals surface area contributed by atoms with Gasteiger partial charge in [0.25, 0.3) is 5.91 Å². The summed E-state index contributed by atoms with van der Waals surface area (Å²) >= 11 is 0. The number of carbonyl (C=O) groups is 3. The SMILES string of the molecule is CCCCCC(=O)NNC(=O)c1ccccc1C(=O)O. The lowest BCUT2D eigenvalue weighted by Crippen LogP contribution is -2.42. The summed E-state index contributed by atoms with van der Waals surface area (Å²) in [6, 6.07) is 5.82. The normalized spacial score (nSPS) is 9.85. The molecular weight excluding hydrogens is 260 g/mol. The molecule has 108 valence electrons. The van der Waals surface area contributed by atoms with E-state index in [1.165, 1.54) is 18.2 Å². The van der Waals surface area contributed by atoms with E-state index in [0.717, 1.165) is 19.3 Å². The van der Waals surface area contributed by atoms with Crippen LogP contribution in [-0.4, -0.2) is 22.9 Å². The molecule has 0 saturated heterocycles. The molecule has 0 aliphatic carbocycles. The molecule has 2 amide bonds. The summed E-state index contributed by atoms with van der Waals surface area (Å²) in [5, 5.41) is 8.97. The van der Waals surface area contributed by atoms with Crippen LogP contribution in [0.5, 0.6) is 0 Å². The maximum atomic E-state index is 11.8. The zero-order valence-corrected chi connectivity index (χ0v) is 11.3. The summed E-state index contributed by atoms with van der Waals surface area (Å²) in [7, 11) is 0. The first-order chi connectivity index (χ1) is 9.56. The first kappa shape index (κ1) is 15.7. The molecule has 20 heavy (non-hydrogen) atoms. The van der Waals surface area contributed by atoms with Crippen LogP contribution in [0.15, 0.2) is 24.3 Å². The number of carbonyl (C=O) groups excluding carboxylic acids is 2. The van der Waals surface area contributed by atoms with Crippen molar-refractivity contribution in [2.75, 3.05) is 0 Å². The summed E-state index contributed by atoms with van der Waals surface area (Å²) < 4.78 is 0. The topological polar surface area (TPSA) is 95.5 Å². The molecule has 0 aliphatic heterocycles. The number of hydrazine groups is 1. The number of amides is 2. The lowest BCUT2D eigenvalue weighted by Gasteiger charge is -2.09. The van der Waals surface area contributed by atoms with E-state index in [2.05, 4.69) is 10.9 Å². The maximum absolute atomic E-state index is 11.8. The molecule has 6 heteroatoms. The molecule has 1 aromatic rings. The second kappa shape index (κ2) is 7.93. The molecule has 0 atom stereocenters. The van der Waals surface area contributed by atoms with Gasteiger partial charge >= 0.3 is 5.97 Å². The highest BCUT2D eigenvalue weighted by atomic mass is 16.4. The smallest absolute Gasteiger partial charge is 0.336 e. The van der Waals surface area contributed by atoms with Crippen molar-refractivity contribution in [2.24, 2.45) is 0 Å². The number of hydrogen-bond donors (Lipinski definition) is 3. The molecule has 0 heterocycles. The summed E-state index contributed by atoms with van der Waals surface area (Å²) in [5.41, 5.74) is 4.40. The van der Waals surface area contributed by atoms with Crippen LogP contribution in [0.1, 0.15) is 53.3 Å². The van der Waals surface area contributed by atoms with Crippen LogP contribution in [-0.2, 0) is 4.79 Å².